The molecule has 2 nitrogen and oxygen atoms in total. The van der Waals surface area contributed by atoms with Crippen molar-refractivity contribution >= 4 is 0 Å². The molecule has 20 heavy (non-hydrogen) atoms. The highest BCUT2D eigenvalue weighted by atomic mass is 16.5. The lowest BCUT2D eigenvalue weighted by molar-refractivity contribution is 0.0776. The van der Waals surface area contributed by atoms with Crippen LogP contribution in [0.4, 0.5) is 0 Å². The van der Waals surface area contributed by atoms with Crippen molar-refractivity contribution in [2.24, 2.45) is 5.92 Å². The number of hydrogen-bond acceptors (Lipinski definition) is 2. The van der Waals surface area contributed by atoms with Crippen LogP contribution in [0, 0.1) is 19.8 Å². The lowest BCUT2D eigenvalue weighted by Crippen LogP contribution is -2.41. The molecule has 2 heteroatoms. The summed E-state index contributed by atoms with van der Waals surface area (Å²) in [6.45, 7) is 10.8. The standard InChI is InChI=1S/C18H29NO/c1-5-18-16(9-10-20-18)17(19-6-2)12-15-11-13(3)7-8-14(15)4/h7-8,11,16-19H,5-6,9-10,12H2,1-4H3. The lowest BCUT2D eigenvalue weighted by Gasteiger charge is -2.28. The van der Waals surface area contributed by atoms with Crippen LogP contribution in [-0.4, -0.2) is 25.3 Å². The van der Waals surface area contributed by atoms with Gasteiger partial charge in [0.05, 0.1) is 6.10 Å². The summed E-state index contributed by atoms with van der Waals surface area (Å²) in [5.74, 6) is 0.653. The van der Waals surface area contributed by atoms with Crippen molar-refractivity contribution in [3.05, 3.63) is 34.9 Å². The van der Waals surface area contributed by atoms with E-state index < -0.39 is 0 Å². The molecule has 0 saturated carbocycles. The Kier molecular flexibility index (Phi) is 5.62. The Hall–Kier alpha value is -0.860. The predicted molar refractivity (Wildman–Crippen MR) is 85.2 cm³/mol. The van der Waals surface area contributed by atoms with Gasteiger partial charge in [0.15, 0.2) is 0 Å². The SMILES string of the molecule is CCNC(Cc1cc(C)ccc1C)C1CCOC1CC. The summed E-state index contributed by atoms with van der Waals surface area (Å²) in [6.07, 6.45) is 3.87. The van der Waals surface area contributed by atoms with Gasteiger partial charge in [-0.05, 0) is 50.8 Å². The Morgan fingerprint density at radius 2 is 2.10 bits per heavy atom. The van der Waals surface area contributed by atoms with Crippen LogP contribution in [0.15, 0.2) is 18.2 Å². The molecule has 1 aliphatic rings. The zero-order valence-corrected chi connectivity index (χ0v) is 13.4. The molecule has 0 spiro atoms. The van der Waals surface area contributed by atoms with Gasteiger partial charge in [-0.25, -0.2) is 0 Å². The van der Waals surface area contributed by atoms with Crippen LogP contribution in [0.3, 0.4) is 0 Å². The Morgan fingerprint density at radius 3 is 2.80 bits per heavy atom. The summed E-state index contributed by atoms with van der Waals surface area (Å²) in [5.41, 5.74) is 4.25. The molecule has 0 aromatic heterocycles. The molecule has 1 N–H and O–H groups in total. The number of ether oxygens (including phenoxy) is 1. The van der Waals surface area contributed by atoms with Gasteiger partial charge in [0, 0.05) is 18.6 Å². The topological polar surface area (TPSA) is 21.3 Å². The van der Waals surface area contributed by atoms with Crippen LogP contribution < -0.4 is 5.32 Å². The Bertz CT molecular complexity index is 429. The highest BCUT2D eigenvalue weighted by Gasteiger charge is 2.33. The smallest absolute Gasteiger partial charge is 0.0616 e. The number of benzene rings is 1. The third kappa shape index (κ3) is 3.62. The normalized spacial score (nSPS) is 24.0. The van der Waals surface area contributed by atoms with Crippen LogP contribution >= 0.6 is 0 Å². The maximum atomic E-state index is 5.89. The van der Waals surface area contributed by atoms with Gasteiger partial charge in [-0.3, -0.25) is 0 Å². The Balaban J connectivity index is 2.14. The minimum absolute atomic E-state index is 0.434. The largest absolute Gasteiger partial charge is 0.378 e. The van der Waals surface area contributed by atoms with Crippen molar-refractivity contribution in [2.45, 2.75) is 59.1 Å². The van der Waals surface area contributed by atoms with E-state index in [0.29, 0.717) is 18.1 Å². The van der Waals surface area contributed by atoms with E-state index in [1.54, 1.807) is 0 Å². The van der Waals surface area contributed by atoms with Gasteiger partial charge in [-0.15, -0.1) is 0 Å². The third-order valence-electron chi connectivity index (χ3n) is 4.59. The van der Waals surface area contributed by atoms with Crippen molar-refractivity contribution in [1.82, 2.24) is 5.32 Å². The monoisotopic (exact) mass is 275 g/mol. The van der Waals surface area contributed by atoms with E-state index in [1.807, 2.05) is 0 Å². The number of rotatable bonds is 6. The first-order valence-electron chi connectivity index (χ1n) is 8.06. The number of nitrogens with one attached hydrogen (secondary N) is 1. The second-order valence-electron chi connectivity index (χ2n) is 6.07. The molecule has 1 fully saturated rings. The molecule has 1 aliphatic heterocycles. The maximum Gasteiger partial charge on any atom is 0.0616 e. The highest BCUT2D eigenvalue weighted by molar-refractivity contribution is 5.31. The molecule has 2 rings (SSSR count). The fourth-order valence-corrected chi connectivity index (χ4v) is 3.44. The van der Waals surface area contributed by atoms with Crippen LogP contribution in [0.2, 0.25) is 0 Å². The fraction of sp³-hybridized carbons (Fsp3) is 0.667. The Morgan fingerprint density at radius 1 is 1.30 bits per heavy atom. The molecule has 112 valence electrons. The first-order chi connectivity index (χ1) is 9.65. The quantitative estimate of drug-likeness (QED) is 0.856. The molecule has 1 saturated heterocycles. The summed E-state index contributed by atoms with van der Waals surface area (Å²) in [5, 5.41) is 3.70. The van der Waals surface area contributed by atoms with E-state index in [1.165, 1.54) is 23.1 Å². The van der Waals surface area contributed by atoms with Crippen molar-refractivity contribution in [1.29, 1.82) is 0 Å². The molecule has 0 amide bonds. The predicted octanol–water partition coefficient (Wildman–Crippen LogP) is 3.64. The Labute approximate surface area is 123 Å². The van der Waals surface area contributed by atoms with E-state index in [9.17, 15) is 0 Å². The fourth-order valence-electron chi connectivity index (χ4n) is 3.44. The van der Waals surface area contributed by atoms with Crippen LogP contribution in [0.1, 0.15) is 43.4 Å². The van der Waals surface area contributed by atoms with Crippen LogP contribution in [0.5, 0.6) is 0 Å². The second-order valence-corrected chi connectivity index (χ2v) is 6.07. The highest BCUT2D eigenvalue weighted by Crippen LogP contribution is 2.29. The van der Waals surface area contributed by atoms with Crippen molar-refractivity contribution in [3.8, 4) is 0 Å². The van der Waals surface area contributed by atoms with Crippen molar-refractivity contribution < 1.29 is 4.74 Å². The van der Waals surface area contributed by atoms with Crippen LogP contribution in [0.25, 0.3) is 0 Å². The average molecular weight is 275 g/mol. The van der Waals surface area contributed by atoms with Gasteiger partial charge in [0.2, 0.25) is 0 Å². The molecular formula is C18H29NO. The first-order valence-corrected chi connectivity index (χ1v) is 8.06. The summed E-state index contributed by atoms with van der Waals surface area (Å²) in [7, 11) is 0. The van der Waals surface area contributed by atoms with Gasteiger partial charge < -0.3 is 10.1 Å². The maximum absolute atomic E-state index is 5.89. The van der Waals surface area contributed by atoms with Gasteiger partial charge >= 0.3 is 0 Å². The van der Waals surface area contributed by atoms with Gasteiger partial charge in [-0.1, -0.05) is 37.6 Å². The minimum Gasteiger partial charge on any atom is -0.378 e. The molecule has 0 aliphatic carbocycles. The van der Waals surface area contributed by atoms with Crippen molar-refractivity contribution in [3.63, 3.8) is 0 Å². The summed E-state index contributed by atoms with van der Waals surface area (Å²) >= 11 is 0. The van der Waals surface area contributed by atoms with Gasteiger partial charge in [0.1, 0.15) is 0 Å². The lowest BCUT2D eigenvalue weighted by atomic mass is 9.86. The molecular weight excluding hydrogens is 246 g/mol. The van der Waals surface area contributed by atoms with E-state index in [2.05, 4.69) is 51.2 Å². The second kappa shape index (κ2) is 7.24. The molecule has 3 unspecified atom stereocenters. The van der Waals surface area contributed by atoms with Crippen molar-refractivity contribution in [2.75, 3.05) is 13.2 Å². The molecule has 0 radical (unpaired) electrons. The van der Waals surface area contributed by atoms with E-state index >= 15 is 0 Å². The number of hydrogen-bond donors (Lipinski definition) is 1. The van der Waals surface area contributed by atoms with Gasteiger partial charge in [0.25, 0.3) is 0 Å². The van der Waals surface area contributed by atoms with Crippen LogP contribution in [-0.2, 0) is 11.2 Å². The average Bonchev–Trinajstić information content (AvgIpc) is 2.90. The minimum atomic E-state index is 0.434. The van der Waals surface area contributed by atoms with Gasteiger partial charge in [-0.2, -0.15) is 0 Å². The molecule has 1 aromatic carbocycles. The molecule has 1 heterocycles. The van der Waals surface area contributed by atoms with E-state index in [0.717, 1.165) is 26.0 Å². The zero-order chi connectivity index (χ0) is 14.5. The molecule has 3 atom stereocenters. The zero-order valence-electron chi connectivity index (χ0n) is 13.4. The summed E-state index contributed by atoms with van der Waals surface area (Å²) < 4.78 is 5.89. The summed E-state index contributed by atoms with van der Waals surface area (Å²) in [6, 6.07) is 7.33. The van der Waals surface area contributed by atoms with E-state index in [-0.39, 0.29) is 0 Å². The van der Waals surface area contributed by atoms with E-state index in [4.69, 9.17) is 4.74 Å². The first kappa shape index (κ1) is 15.5. The summed E-state index contributed by atoms with van der Waals surface area (Å²) in [4.78, 5) is 0. The third-order valence-corrected chi connectivity index (χ3v) is 4.59. The number of aryl methyl sites for hydroxylation is 2. The molecule has 1 aromatic rings. The number of likely N-dealkylation sites (N-methyl/N-ethyl adjacent to an activating group) is 1. The molecule has 0 bridgehead atoms.